The van der Waals surface area contributed by atoms with Crippen LogP contribution in [-0.2, 0) is 6.42 Å². The standard InChI is InChI=1S/C26H42N2/c1-2-3-4-5-6-7-8-9-10-11-12-13-14-15-19-22-26-27-23-24-28(26)25-20-17-16-18-21-25/h16-18,20-21,23-24H,2-15,19,22H2,1H3. The minimum absolute atomic E-state index is 1.08. The number of unbranched alkanes of at least 4 members (excludes halogenated alkanes) is 14. The fourth-order valence-electron chi connectivity index (χ4n) is 4.00. The van der Waals surface area contributed by atoms with Gasteiger partial charge in [-0.25, -0.2) is 4.98 Å². The summed E-state index contributed by atoms with van der Waals surface area (Å²) in [6.45, 7) is 2.29. The second-order valence-electron chi connectivity index (χ2n) is 8.25. The highest BCUT2D eigenvalue weighted by molar-refractivity contribution is 5.32. The van der Waals surface area contributed by atoms with Gasteiger partial charge in [0, 0.05) is 24.5 Å². The van der Waals surface area contributed by atoms with Crippen LogP contribution in [0.3, 0.4) is 0 Å². The van der Waals surface area contributed by atoms with E-state index in [1.807, 2.05) is 6.20 Å². The Labute approximate surface area is 173 Å². The van der Waals surface area contributed by atoms with E-state index in [4.69, 9.17) is 0 Å². The van der Waals surface area contributed by atoms with Gasteiger partial charge in [0.05, 0.1) is 0 Å². The topological polar surface area (TPSA) is 17.8 Å². The van der Waals surface area contributed by atoms with Gasteiger partial charge in [-0.1, -0.05) is 115 Å². The third kappa shape index (κ3) is 9.57. The molecule has 0 aliphatic carbocycles. The van der Waals surface area contributed by atoms with Gasteiger partial charge in [-0.2, -0.15) is 0 Å². The number of para-hydroxylation sites is 1. The molecule has 0 unspecified atom stereocenters. The number of imidazole rings is 1. The molecular weight excluding hydrogens is 340 g/mol. The molecule has 2 nitrogen and oxygen atoms in total. The SMILES string of the molecule is CCCCCCCCCCCCCCCCCc1nccn1-c1ccccc1. The van der Waals surface area contributed by atoms with Gasteiger partial charge in [-0.15, -0.1) is 0 Å². The Morgan fingerprint density at radius 1 is 0.643 bits per heavy atom. The van der Waals surface area contributed by atoms with Gasteiger partial charge >= 0.3 is 0 Å². The molecule has 0 radical (unpaired) electrons. The first-order valence-electron chi connectivity index (χ1n) is 12.0. The van der Waals surface area contributed by atoms with Crippen LogP contribution < -0.4 is 0 Å². The summed E-state index contributed by atoms with van der Waals surface area (Å²) >= 11 is 0. The molecule has 0 aliphatic rings. The van der Waals surface area contributed by atoms with E-state index in [0.29, 0.717) is 0 Å². The fraction of sp³-hybridized carbons (Fsp3) is 0.654. The fourth-order valence-corrected chi connectivity index (χ4v) is 4.00. The van der Waals surface area contributed by atoms with E-state index in [1.165, 1.54) is 108 Å². The van der Waals surface area contributed by atoms with E-state index in [-0.39, 0.29) is 0 Å². The van der Waals surface area contributed by atoms with Crippen LogP contribution >= 0.6 is 0 Å². The van der Waals surface area contributed by atoms with Crippen molar-refractivity contribution in [1.29, 1.82) is 0 Å². The number of rotatable bonds is 17. The van der Waals surface area contributed by atoms with Gasteiger partial charge in [-0.05, 0) is 18.6 Å². The van der Waals surface area contributed by atoms with Crippen molar-refractivity contribution in [3.63, 3.8) is 0 Å². The predicted molar refractivity (Wildman–Crippen MR) is 122 cm³/mol. The lowest BCUT2D eigenvalue weighted by atomic mass is 10.0. The van der Waals surface area contributed by atoms with Crippen molar-refractivity contribution in [2.75, 3.05) is 0 Å². The van der Waals surface area contributed by atoms with Gasteiger partial charge in [0.15, 0.2) is 0 Å². The van der Waals surface area contributed by atoms with Crippen molar-refractivity contribution in [2.45, 2.75) is 110 Å². The van der Waals surface area contributed by atoms with Gasteiger partial charge < -0.3 is 4.57 Å². The zero-order valence-electron chi connectivity index (χ0n) is 18.2. The third-order valence-electron chi connectivity index (χ3n) is 5.76. The molecule has 2 aromatic rings. The Kier molecular flexibility index (Phi) is 12.5. The molecule has 0 amide bonds. The molecule has 1 aromatic carbocycles. The minimum atomic E-state index is 1.08. The smallest absolute Gasteiger partial charge is 0.113 e. The van der Waals surface area contributed by atoms with Gasteiger partial charge in [0.1, 0.15) is 5.82 Å². The summed E-state index contributed by atoms with van der Waals surface area (Å²) in [4.78, 5) is 4.56. The van der Waals surface area contributed by atoms with Crippen LogP contribution in [0.1, 0.15) is 109 Å². The molecule has 28 heavy (non-hydrogen) atoms. The van der Waals surface area contributed by atoms with Crippen LogP contribution in [0.2, 0.25) is 0 Å². The number of aryl methyl sites for hydroxylation is 1. The Morgan fingerprint density at radius 2 is 1.14 bits per heavy atom. The Morgan fingerprint density at radius 3 is 1.68 bits per heavy atom. The summed E-state index contributed by atoms with van der Waals surface area (Å²) in [6.07, 6.45) is 26.3. The lowest BCUT2D eigenvalue weighted by Crippen LogP contribution is -2.00. The maximum atomic E-state index is 4.56. The number of hydrogen-bond donors (Lipinski definition) is 0. The Bertz CT molecular complexity index is 587. The van der Waals surface area contributed by atoms with E-state index in [9.17, 15) is 0 Å². The molecule has 0 aliphatic heterocycles. The first-order chi connectivity index (χ1) is 13.9. The lowest BCUT2D eigenvalue weighted by molar-refractivity contribution is 0.531. The van der Waals surface area contributed by atoms with Crippen molar-refractivity contribution in [3.05, 3.63) is 48.5 Å². The quantitative estimate of drug-likeness (QED) is 0.252. The minimum Gasteiger partial charge on any atom is -0.304 e. The van der Waals surface area contributed by atoms with Crippen LogP contribution in [0.5, 0.6) is 0 Å². The summed E-state index contributed by atoms with van der Waals surface area (Å²) in [5, 5.41) is 0. The summed E-state index contributed by atoms with van der Waals surface area (Å²) < 4.78 is 2.23. The largest absolute Gasteiger partial charge is 0.304 e. The molecule has 0 saturated carbocycles. The van der Waals surface area contributed by atoms with Crippen LogP contribution in [0.25, 0.3) is 5.69 Å². The van der Waals surface area contributed by atoms with E-state index in [0.717, 1.165) is 6.42 Å². The average Bonchev–Trinajstić information content (AvgIpc) is 3.20. The van der Waals surface area contributed by atoms with Crippen molar-refractivity contribution >= 4 is 0 Å². The molecule has 0 fully saturated rings. The Balaban J connectivity index is 1.40. The maximum absolute atomic E-state index is 4.56. The molecule has 156 valence electrons. The number of hydrogen-bond acceptors (Lipinski definition) is 1. The van der Waals surface area contributed by atoms with Gasteiger partial charge in [-0.3, -0.25) is 0 Å². The summed E-state index contributed by atoms with van der Waals surface area (Å²) in [6, 6.07) is 10.5. The zero-order valence-corrected chi connectivity index (χ0v) is 18.2. The van der Waals surface area contributed by atoms with E-state index >= 15 is 0 Å². The van der Waals surface area contributed by atoms with E-state index in [2.05, 4.69) is 53.0 Å². The number of aromatic nitrogens is 2. The monoisotopic (exact) mass is 382 g/mol. The highest BCUT2D eigenvalue weighted by atomic mass is 15.1. The molecule has 0 saturated heterocycles. The van der Waals surface area contributed by atoms with Crippen molar-refractivity contribution in [2.24, 2.45) is 0 Å². The molecule has 0 atom stereocenters. The maximum Gasteiger partial charge on any atom is 0.113 e. The second kappa shape index (κ2) is 15.4. The highest BCUT2D eigenvalue weighted by Gasteiger charge is 2.04. The Hall–Kier alpha value is -1.57. The predicted octanol–water partition coefficient (Wildman–Crippen LogP) is 8.29. The van der Waals surface area contributed by atoms with E-state index in [1.54, 1.807) is 0 Å². The zero-order chi connectivity index (χ0) is 19.7. The normalized spacial score (nSPS) is 11.2. The summed E-state index contributed by atoms with van der Waals surface area (Å²) in [5.41, 5.74) is 1.22. The molecule has 0 spiro atoms. The van der Waals surface area contributed by atoms with E-state index < -0.39 is 0 Å². The lowest BCUT2D eigenvalue weighted by Gasteiger charge is -2.07. The van der Waals surface area contributed by atoms with Crippen LogP contribution in [0.15, 0.2) is 42.7 Å². The number of benzene rings is 1. The van der Waals surface area contributed by atoms with Crippen molar-refractivity contribution < 1.29 is 0 Å². The average molecular weight is 383 g/mol. The van der Waals surface area contributed by atoms with Crippen molar-refractivity contribution in [3.8, 4) is 5.69 Å². The third-order valence-corrected chi connectivity index (χ3v) is 5.76. The molecule has 0 bridgehead atoms. The molecule has 2 rings (SSSR count). The molecule has 1 heterocycles. The first-order valence-corrected chi connectivity index (χ1v) is 12.0. The summed E-state index contributed by atoms with van der Waals surface area (Å²) in [7, 11) is 0. The molecule has 1 aromatic heterocycles. The first kappa shape index (κ1) is 22.7. The molecule has 0 N–H and O–H groups in total. The number of nitrogens with zero attached hydrogens (tertiary/aromatic N) is 2. The second-order valence-corrected chi connectivity index (χ2v) is 8.25. The molecule has 2 heteroatoms. The summed E-state index contributed by atoms with van der Waals surface area (Å²) in [5.74, 6) is 1.20. The van der Waals surface area contributed by atoms with Crippen molar-refractivity contribution in [1.82, 2.24) is 9.55 Å². The van der Waals surface area contributed by atoms with Crippen LogP contribution in [0.4, 0.5) is 0 Å². The van der Waals surface area contributed by atoms with Crippen LogP contribution in [0, 0.1) is 0 Å². The van der Waals surface area contributed by atoms with Gasteiger partial charge in [0.25, 0.3) is 0 Å². The molecular formula is C26H42N2. The van der Waals surface area contributed by atoms with Gasteiger partial charge in [0.2, 0.25) is 0 Å². The van der Waals surface area contributed by atoms with Crippen LogP contribution in [-0.4, -0.2) is 9.55 Å². The highest BCUT2D eigenvalue weighted by Crippen LogP contribution is 2.15.